The molecule has 0 aliphatic heterocycles. The smallest absolute Gasteiger partial charge is 0.266 e. The van der Waals surface area contributed by atoms with Gasteiger partial charge in [-0.3, -0.25) is 9.78 Å². The van der Waals surface area contributed by atoms with Gasteiger partial charge in [0.2, 0.25) is 5.88 Å². The molecule has 2 rings (SSSR count). The number of aromatic amines is 1. The number of hydrogen-bond acceptors (Lipinski definition) is 5. The molecule has 0 fully saturated rings. The van der Waals surface area contributed by atoms with Crippen LogP contribution in [0.3, 0.4) is 0 Å². The number of hydrogen-bond donors (Lipinski definition) is 1. The Bertz CT molecular complexity index is 491. The van der Waals surface area contributed by atoms with Gasteiger partial charge in [-0.2, -0.15) is 4.37 Å². The van der Waals surface area contributed by atoms with Crippen LogP contribution < -0.4 is 10.3 Å². The quantitative estimate of drug-likeness (QED) is 0.798. The maximum absolute atomic E-state index is 11.0. The van der Waals surface area contributed by atoms with Gasteiger partial charge in [0.05, 0.1) is 30.1 Å². The molecule has 0 atom stereocenters. The summed E-state index contributed by atoms with van der Waals surface area (Å²) in [5.41, 5.74) is 0.424. The van der Waals surface area contributed by atoms with Crippen LogP contribution in [-0.4, -0.2) is 21.5 Å². The zero-order valence-corrected chi connectivity index (χ0v) is 8.17. The number of methoxy groups -OCH3 is 1. The van der Waals surface area contributed by atoms with Crippen molar-refractivity contribution in [3.05, 3.63) is 28.8 Å². The highest BCUT2D eigenvalue weighted by Crippen LogP contribution is 2.24. The summed E-state index contributed by atoms with van der Waals surface area (Å²) in [6.45, 7) is 0. The Morgan fingerprint density at radius 2 is 2.36 bits per heavy atom. The predicted octanol–water partition coefficient (Wildman–Crippen LogP) is 0.902. The molecule has 2 aromatic rings. The van der Waals surface area contributed by atoms with E-state index in [0.29, 0.717) is 11.6 Å². The molecule has 0 unspecified atom stereocenters. The van der Waals surface area contributed by atoms with Gasteiger partial charge < -0.3 is 9.72 Å². The van der Waals surface area contributed by atoms with E-state index in [4.69, 9.17) is 4.74 Å². The zero-order chi connectivity index (χ0) is 9.97. The molecule has 0 radical (unpaired) electrons. The monoisotopic (exact) mass is 209 g/mol. The van der Waals surface area contributed by atoms with E-state index in [1.54, 1.807) is 19.4 Å². The average molecular weight is 209 g/mol. The lowest BCUT2D eigenvalue weighted by Gasteiger charge is -1.92. The largest absolute Gasteiger partial charge is 0.480 e. The molecule has 0 aromatic carbocycles. The van der Waals surface area contributed by atoms with Crippen LogP contribution >= 0.6 is 11.5 Å². The van der Waals surface area contributed by atoms with Crippen molar-refractivity contribution in [3.8, 4) is 16.5 Å². The number of nitrogens with zero attached hydrogens (tertiary/aromatic N) is 2. The first-order valence-corrected chi connectivity index (χ1v) is 4.62. The molecular formula is C8H7N3O2S. The van der Waals surface area contributed by atoms with Gasteiger partial charge in [0.1, 0.15) is 0 Å². The van der Waals surface area contributed by atoms with Gasteiger partial charge in [0.25, 0.3) is 5.56 Å². The summed E-state index contributed by atoms with van der Waals surface area (Å²) in [7, 11) is 1.55. The van der Waals surface area contributed by atoms with Gasteiger partial charge in [-0.25, -0.2) is 0 Å². The third-order valence-corrected chi connectivity index (χ3v) is 2.42. The van der Waals surface area contributed by atoms with Crippen LogP contribution in [0, 0.1) is 0 Å². The molecule has 2 aromatic heterocycles. The second-order valence-electron chi connectivity index (χ2n) is 2.54. The molecule has 0 aliphatic carbocycles. The molecule has 14 heavy (non-hydrogen) atoms. The third kappa shape index (κ3) is 1.64. The number of H-pyrrole nitrogens is 1. The molecular weight excluding hydrogens is 202 g/mol. The van der Waals surface area contributed by atoms with Gasteiger partial charge in [-0.15, -0.1) is 0 Å². The molecule has 0 bridgehead atoms. The average Bonchev–Trinajstić information content (AvgIpc) is 2.66. The van der Waals surface area contributed by atoms with E-state index in [1.807, 2.05) is 0 Å². The van der Waals surface area contributed by atoms with Crippen LogP contribution in [0.25, 0.3) is 10.6 Å². The van der Waals surface area contributed by atoms with Crippen LogP contribution in [0.1, 0.15) is 0 Å². The van der Waals surface area contributed by atoms with Gasteiger partial charge in [0.15, 0.2) is 0 Å². The lowest BCUT2D eigenvalue weighted by Crippen LogP contribution is -2.04. The Morgan fingerprint density at radius 1 is 1.50 bits per heavy atom. The maximum atomic E-state index is 11.0. The van der Waals surface area contributed by atoms with E-state index in [1.165, 1.54) is 17.7 Å². The second-order valence-corrected chi connectivity index (χ2v) is 3.35. The molecule has 0 aliphatic rings. The van der Waals surface area contributed by atoms with Gasteiger partial charge >= 0.3 is 0 Å². The number of rotatable bonds is 2. The van der Waals surface area contributed by atoms with Gasteiger partial charge in [0, 0.05) is 6.07 Å². The normalized spacial score (nSPS) is 10.1. The number of aromatic nitrogens is 3. The van der Waals surface area contributed by atoms with Crippen LogP contribution in [0.15, 0.2) is 23.3 Å². The Balaban J connectivity index is 2.44. The molecule has 0 saturated heterocycles. The highest BCUT2D eigenvalue weighted by molar-refractivity contribution is 7.09. The van der Waals surface area contributed by atoms with E-state index in [2.05, 4.69) is 14.3 Å². The molecule has 0 spiro atoms. The summed E-state index contributed by atoms with van der Waals surface area (Å²) >= 11 is 1.25. The first kappa shape index (κ1) is 8.89. The maximum Gasteiger partial charge on any atom is 0.266 e. The van der Waals surface area contributed by atoms with Crippen molar-refractivity contribution in [2.45, 2.75) is 0 Å². The van der Waals surface area contributed by atoms with Crippen LogP contribution in [0.2, 0.25) is 0 Å². The van der Waals surface area contributed by atoms with Gasteiger partial charge in [-0.1, -0.05) is 0 Å². The Morgan fingerprint density at radius 3 is 3.00 bits per heavy atom. The van der Waals surface area contributed by atoms with Crippen molar-refractivity contribution < 1.29 is 4.74 Å². The van der Waals surface area contributed by atoms with E-state index in [9.17, 15) is 4.79 Å². The van der Waals surface area contributed by atoms with E-state index in [-0.39, 0.29) is 5.56 Å². The van der Waals surface area contributed by atoms with Crippen molar-refractivity contribution >= 4 is 11.5 Å². The lowest BCUT2D eigenvalue weighted by atomic mass is 10.4. The SMILES string of the molecule is COc1cc(-c2cncc(=O)[nH]2)sn1. The van der Waals surface area contributed by atoms with Crippen molar-refractivity contribution in [1.82, 2.24) is 14.3 Å². The summed E-state index contributed by atoms with van der Waals surface area (Å²) in [5.74, 6) is 0.537. The molecule has 1 N–H and O–H groups in total. The van der Waals surface area contributed by atoms with Crippen molar-refractivity contribution in [2.75, 3.05) is 7.11 Å². The van der Waals surface area contributed by atoms with Gasteiger partial charge in [-0.05, 0) is 11.5 Å². The Kier molecular flexibility index (Phi) is 2.28. The minimum absolute atomic E-state index is 0.227. The van der Waals surface area contributed by atoms with Crippen molar-refractivity contribution in [1.29, 1.82) is 0 Å². The highest BCUT2D eigenvalue weighted by Gasteiger charge is 2.04. The fourth-order valence-corrected chi connectivity index (χ4v) is 1.66. The topological polar surface area (TPSA) is 67.9 Å². The van der Waals surface area contributed by atoms with E-state index < -0.39 is 0 Å². The fraction of sp³-hybridized carbons (Fsp3) is 0.125. The van der Waals surface area contributed by atoms with Crippen LogP contribution in [0.5, 0.6) is 5.88 Å². The summed E-state index contributed by atoms with van der Waals surface area (Å²) in [6, 6.07) is 1.75. The van der Waals surface area contributed by atoms with E-state index >= 15 is 0 Å². The summed E-state index contributed by atoms with van der Waals surface area (Å²) in [4.78, 5) is 18.2. The molecule has 0 amide bonds. The Hall–Kier alpha value is -1.69. The molecule has 2 heterocycles. The number of nitrogens with one attached hydrogen (secondary N) is 1. The van der Waals surface area contributed by atoms with Crippen molar-refractivity contribution in [2.24, 2.45) is 0 Å². The zero-order valence-electron chi connectivity index (χ0n) is 7.35. The standard InChI is InChI=1S/C8H7N3O2S/c1-13-8-2-6(14-11-8)5-3-9-4-7(12)10-5/h2-4H,1H3,(H,10,12). The Labute approximate surface area is 83.6 Å². The third-order valence-electron chi connectivity index (χ3n) is 1.62. The molecule has 0 saturated carbocycles. The first-order valence-electron chi connectivity index (χ1n) is 3.85. The minimum atomic E-state index is -0.227. The fourth-order valence-electron chi connectivity index (χ4n) is 0.984. The summed E-state index contributed by atoms with van der Waals surface area (Å²) in [6.07, 6.45) is 2.80. The molecule has 6 heteroatoms. The molecule has 72 valence electrons. The van der Waals surface area contributed by atoms with Crippen LogP contribution in [-0.2, 0) is 0 Å². The van der Waals surface area contributed by atoms with Crippen molar-refractivity contribution in [3.63, 3.8) is 0 Å². The lowest BCUT2D eigenvalue weighted by molar-refractivity contribution is 0.403. The number of ether oxygens (including phenoxy) is 1. The summed E-state index contributed by atoms with van der Waals surface area (Å²) in [5, 5.41) is 0. The summed E-state index contributed by atoms with van der Waals surface area (Å²) < 4.78 is 8.94. The minimum Gasteiger partial charge on any atom is -0.480 e. The second kappa shape index (κ2) is 3.59. The van der Waals surface area contributed by atoms with E-state index in [0.717, 1.165) is 4.88 Å². The molecule has 5 nitrogen and oxygen atoms in total. The first-order chi connectivity index (χ1) is 6.79. The highest BCUT2D eigenvalue weighted by atomic mass is 32.1. The van der Waals surface area contributed by atoms with Crippen LogP contribution in [0.4, 0.5) is 0 Å². The predicted molar refractivity (Wildman–Crippen MR) is 52.5 cm³/mol.